The molecule has 0 saturated heterocycles. The van der Waals surface area contributed by atoms with E-state index in [0.717, 1.165) is 11.1 Å². The minimum absolute atomic E-state index is 0.0743. The average molecular weight is 393 g/mol. The summed E-state index contributed by atoms with van der Waals surface area (Å²) in [4.78, 5) is 16.8. The van der Waals surface area contributed by atoms with Crippen LogP contribution in [0, 0.1) is 6.92 Å². The molecule has 0 unspecified atom stereocenters. The summed E-state index contributed by atoms with van der Waals surface area (Å²) in [5.41, 5.74) is 3.71. The molecular weight excluding hydrogens is 376 g/mol. The molecule has 0 aliphatic rings. The summed E-state index contributed by atoms with van der Waals surface area (Å²) < 4.78 is 11.3. The van der Waals surface area contributed by atoms with Gasteiger partial charge in [0.25, 0.3) is 5.91 Å². The van der Waals surface area contributed by atoms with Gasteiger partial charge in [0, 0.05) is 16.3 Å². The molecule has 0 radical (unpaired) electrons. The molecule has 1 N–H and O–H groups in total. The van der Waals surface area contributed by atoms with Crippen LogP contribution in [0.3, 0.4) is 0 Å². The molecule has 0 atom stereocenters. The van der Waals surface area contributed by atoms with Crippen molar-refractivity contribution < 1.29 is 13.9 Å². The van der Waals surface area contributed by atoms with Crippen molar-refractivity contribution in [1.29, 1.82) is 0 Å². The fourth-order valence-electron chi connectivity index (χ4n) is 2.77. The van der Waals surface area contributed by atoms with Crippen LogP contribution in [-0.2, 0) is 4.79 Å². The molecule has 0 spiro atoms. The lowest BCUT2D eigenvalue weighted by Gasteiger charge is -2.10. The van der Waals surface area contributed by atoms with Crippen molar-refractivity contribution in [3.8, 4) is 17.2 Å². The largest absolute Gasteiger partial charge is 0.484 e. The molecule has 1 heterocycles. The molecule has 0 saturated carbocycles. The Hall–Kier alpha value is -3.31. The van der Waals surface area contributed by atoms with E-state index in [2.05, 4.69) is 10.3 Å². The molecule has 1 amide bonds. The Morgan fingerprint density at radius 1 is 1.11 bits per heavy atom. The lowest BCUT2D eigenvalue weighted by atomic mass is 10.1. The number of anilines is 1. The number of carbonyl (C=O) groups is 1. The van der Waals surface area contributed by atoms with Gasteiger partial charge >= 0.3 is 0 Å². The van der Waals surface area contributed by atoms with Gasteiger partial charge in [-0.3, -0.25) is 4.79 Å². The van der Waals surface area contributed by atoms with Crippen molar-refractivity contribution in [1.82, 2.24) is 4.98 Å². The van der Waals surface area contributed by atoms with E-state index < -0.39 is 0 Å². The van der Waals surface area contributed by atoms with Gasteiger partial charge in [0.15, 0.2) is 12.2 Å². The Morgan fingerprint density at radius 3 is 2.75 bits per heavy atom. The number of hydrogen-bond donors (Lipinski definition) is 1. The van der Waals surface area contributed by atoms with Crippen LogP contribution in [0.15, 0.2) is 71.1 Å². The van der Waals surface area contributed by atoms with Crippen LogP contribution < -0.4 is 10.1 Å². The van der Waals surface area contributed by atoms with Gasteiger partial charge in [0.05, 0.1) is 0 Å². The molecule has 5 nitrogen and oxygen atoms in total. The number of ether oxygens (including phenoxy) is 1. The molecule has 0 bridgehead atoms. The molecule has 4 rings (SSSR count). The number of aryl methyl sites for hydroxylation is 1. The van der Waals surface area contributed by atoms with Crippen molar-refractivity contribution in [2.24, 2.45) is 0 Å². The Morgan fingerprint density at radius 2 is 1.93 bits per heavy atom. The van der Waals surface area contributed by atoms with Crippen molar-refractivity contribution in [2.75, 3.05) is 11.9 Å². The molecule has 1 aromatic heterocycles. The van der Waals surface area contributed by atoms with Crippen LogP contribution in [0.25, 0.3) is 22.6 Å². The molecule has 4 aromatic rings. The minimum Gasteiger partial charge on any atom is -0.484 e. The van der Waals surface area contributed by atoms with Gasteiger partial charge in [-0.2, -0.15) is 0 Å². The summed E-state index contributed by atoms with van der Waals surface area (Å²) in [7, 11) is 0. The first-order chi connectivity index (χ1) is 13.6. The number of carbonyl (C=O) groups excluding carboxylic acids is 1. The van der Waals surface area contributed by atoms with Gasteiger partial charge in [-0.15, -0.1) is 0 Å². The van der Waals surface area contributed by atoms with Crippen LogP contribution in [0.4, 0.5) is 5.69 Å². The molecule has 3 aromatic carbocycles. The zero-order chi connectivity index (χ0) is 19.5. The summed E-state index contributed by atoms with van der Waals surface area (Å²) in [6.07, 6.45) is 0. The predicted octanol–water partition coefficient (Wildman–Crippen LogP) is 5.47. The number of nitrogens with one attached hydrogen (secondary N) is 1. The number of benzene rings is 3. The number of rotatable bonds is 5. The number of oxazole rings is 1. The monoisotopic (exact) mass is 392 g/mol. The fraction of sp³-hybridized carbons (Fsp3) is 0.0909. The lowest BCUT2D eigenvalue weighted by Crippen LogP contribution is -2.20. The summed E-state index contributed by atoms with van der Waals surface area (Å²) >= 11 is 6.01. The van der Waals surface area contributed by atoms with Gasteiger partial charge in [-0.25, -0.2) is 4.98 Å². The summed E-state index contributed by atoms with van der Waals surface area (Å²) in [5, 5.41) is 3.48. The first-order valence-corrected chi connectivity index (χ1v) is 9.11. The highest BCUT2D eigenvalue weighted by Gasteiger charge is 2.12. The third-order valence-electron chi connectivity index (χ3n) is 4.22. The summed E-state index contributed by atoms with van der Waals surface area (Å²) in [5.74, 6) is 0.870. The summed E-state index contributed by atoms with van der Waals surface area (Å²) in [6, 6.07) is 20.1. The van der Waals surface area contributed by atoms with Gasteiger partial charge in [0.2, 0.25) is 5.89 Å². The molecule has 6 heteroatoms. The number of nitrogens with zero attached hydrogens (tertiary/aromatic N) is 1. The second-order valence-corrected chi connectivity index (χ2v) is 6.75. The van der Waals surface area contributed by atoms with E-state index >= 15 is 0 Å². The minimum atomic E-state index is -0.242. The highest BCUT2D eigenvalue weighted by atomic mass is 35.5. The van der Waals surface area contributed by atoms with Crippen molar-refractivity contribution in [3.63, 3.8) is 0 Å². The molecule has 0 aliphatic carbocycles. The Bertz CT molecular complexity index is 1140. The SMILES string of the molecule is Cc1ccc(-c2nc3cc(Cl)ccc3o2)cc1NC(=O)COc1ccccc1. The van der Waals surface area contributed by atoms with E-state index in [9.17, 15) is 4.79 Å². The number of halogens is 1. The van der Waals surface area contributed by atoms with E-state index in [-0.39, 0.29) is 12.5 Å². The maximum atomic E-state index is 12.3. The topological polar surface area (TPSA) is 64.4 Å². The third kappa shape index (κ3) is 4.00. The second kappa shape index (κ2) is 7.74. The fourth-order valence-corrected chi connectivity index (χ4v) is 2.93. The average Bonchev–Trinajstić information content (AvgIpc) is 3.12. The second-order valence-electron chi connectivity index (χ2n) is 6.31. The standard InChI is InChI=1S/C22H17ClN2O3/c1-14-7-8-15(22-25-19-12-16(23)9-10-20(19)28-22)11-18(14)24-21(26)13-27-17-5-3-2-4-6-17/h2-12H,13H2,1H3,(H,24,26). The highest BCUT2D eigenvalue weighted by molar-refractivity contribution is 6.31. The number of amides is 1. The van der Waals surface area contributed by atoms with Crippen LogP contribution in [-0.4, -0.2) is 17.5 Å². The number of aromatic nitrogens is 1. The van der Waals surface area contributed by atoms with Crippen molar-refractivity contribution in [3.05, 3.63) is 77.3 Å². The Labute approximate surface area is 166 Å². The quantitative estimate of drug-likeness (QED) is 0.488. The lowest BCUT2D eigenvalue weighted by molar-refractivity contribution is -0.118. The maximum Gasteiger partial charge on any atom is 0.262 e. The van der Waals surface area contributed by atoms with E-state index in [1.165, 1.54) is 0 Å². The molecule has 0 fully saturated rings. The molecule has 28 heavy (non-hydrogen) atoms. The van der Waals surface area contributed by atoms with E-state index in [1.807, 2.05) is 43.3 Å². The van der Waals surface area contributed by atoms with Crippen LogP contribution in [0.2, 0.25) is 5.02 Å². The smallest absolute Gasteiger partial charge is 0.262 e. The predicted molar refractivity (Wildman–Crippen MR) is 110 cm³/mol. The zero-order valence-electron chi connectivity index (χ0n) is 15.1. The Balaban J connectivity index is 1.52. The van der Waals surface area contributed by atoms with E-state index in [1.54, 1.807) is 30.3 Å². The summed E-state index contributed by atoms with van der Waals surface area (Å²) in [6.45, 7) is 1.85. The molecule has 140 valence electrons. The van der Waals surface area contributed by atoms with Crippen LogP contribution in [0.5, 0.6) is 5.75 Å². The number of hydrogen-bond acceptors (Lipinski definition) is 4. The van der Waals surface area contributed by atoms with Crippen molar-refractivity contribution in [2.45, 2.75) is 6.92 Å². The van der Waals surface area contributed by atoms with Gasteiger partial charge in [-0.05, 0) is 55.0 Å². The Kier molecular flexibility index (Phi) is 5.00. The van der Waals surface area contributed by atoms with E-state index in [0.29, 0.717) is 33.4 Å². The van der Waals surface area contributed by atoms with Crippen molar-refractivity contribution >= 4 is 34.3 Å². The highest BCUT2D eigenvalue weighted by Crippen LogP contribution is 2.29. The first-order valence-electron chi connectivity index (χ1n) is 8.73. The van der Waals surface area contributed by atoms with Gasteiger partial charge in [-0.1, -0.05) is 35.9 Å². The van der Waals surface area contributed by atoms with Crippen LogP contribution >= 0.6 is 11.6 Å². The molecule has 0 aliphatic heterocycles. The van der Waals surface area contributed by atoms with E-state index in [4.69, 9.17) is 20.8 Å². The normalized spacial score (nSPS) is 10.8. The van der Waals surface area contributed by atoms with Crippen LogP contribution in [0.1, 0.15) is 5.56 Å². The first kappa shape index (κ1) is 18.1. The zero-order valence-corrected chi connectivity index (χ0v) is 15.9. The number of para-hydroxylation sites is 1. The number of fused-ring (bicyclic) bond motifs is 1. The third-order valence-corrected chi connectivity index (χ3v) is 4.46. The van der Waals surface area contributed by atoms with Gasteiger partial charge in [0.1, 0.15) is 11.3 Å². The maximum absolute atomic E-state index is 12.3. The van der Waals surface area contributed by atoms with Gasteiger partial charge < -0.3 is 14.5 Å². The molecular formula is C22H17ClN2O3.